The van der Waals surface area contributed by atoms with Crippen molar-refractivity contribution in [2.45, 2.75) is 39.7 Å². The second-order valence-corrected chi connectivity index (χ2v) is 4.74. The average Bonchev–Trinajstić information content (AvgIpc) is 2.91. The third-order valence-electron chi connectivity index (χ3n) is 3.22. The van der Waals surface area contributed by atoms with E-state index in [1.807, 2.05) is 22.9 Å². The van der Waals surface area contributed by atoms with E-state index in [0.29, 0.717) is 13.0 Å². The van der Waals surface area contributed by atoms with E-state index in [4.69, 9.17) is 5.11 Å². The third kappa shape index (κ3) is 3.93. The monoisotopic (exact) mass is 283 g/mol. The number of aryl methyl sites for hydroxylation is 2. The molecule has 4 nitrogen and oxygen atoms in total. The second kappa shape index (κ2) is 7.61. The Balaban J connectivity index is 2.27. The van der Waals surface area contributed by atoms with Crippen LogP contribution in [0.4, 0.5) is 0 Å². The quantitative estimate of drug-likeness (QED) is 0.856. The van der Waals surface area contributed by atoms with Crippen LogP contribution >= 0.6 is 0 Å². The van der Waals surface area contributed by atoms with E-state index < -0.39 is 0 Å². The van der Waals surface area contributed by atoms with E-state index in [9.17, 15) is 0 Å². The van der Waals surface area contributed by atoms with Gasteiger partial charge in [-0.1, -0.05) is 43.9 Å². The maximum atomic E-state index is 8.82. The van der Waals surface area contributed by atoms with E-state index in [-0.39, 0.29) is 6.61 Å². The highest BCUT2D eigenvalue weighted by molar-refractivity contribution is 5.41. The molecule has 0 saturated heterocycles. The summed E-state index contributed by atoms with van der Waals surface area (Å²) in [6, 6.07) is 8.06. The number of hydrogen-bond donors (Lipinski definition) is 1. The van der Waals surface area contributed by atoms with Crippen LogP contribution in [0.2, 0.25) is 0 Å². The van der Waals surface area contributed by atoms with Gasteiger partial charge in [-0.05, 0) is 11.6 Å². The van der Waals surface area contributed by atoms with Crippen molar-refractivity contribution in [3.8, 4) is 11.8 Å². The van der Waals surface area contributed by atoms with Crippen molar-refractivity contribution in [3.05, 3.63) is 47.0 Å². The SMILES string of the molecule is CCc1nc(CC)n(Cc2ccccc2C#CCCO)n1. The normalized spacial score (nSPS) is 10.2. The lowest BCUT2D eigenvalue weighted by atomic mass is 10.1. The molecule has 1 aromatic heterocycles. The minimum absolute atomic E-state index is 0.0953. The standard InChI is InChI=1S/C17H21N3O/c1-3-16-18-17(4-2)20(19-16)13-15-11-6-5-9-14(15)10-7-8-12-21/h5-6,9,11,21H,3-4,8,12-13H2,1-2H3. The zero-order chi connectivity index (χ0) is 15.1. The first-order valence-corrected chi connectivity index (χ1v) is 7.38. The van der Waals surface area contributed by atoms with Gasteiger partial charge in [0.15, 0.2) is 5.82 Å². The van der Waals surface area contributed by atoms with Gasteiger partial charge in [0.2, 0.25) is 0 Å². The summed E-state index contributed by atoms with van der Waals surface area (Å²) in [5, 5.41) is 13.4. The van der Waals surface area contributed by atoms with Gasteiger partial charge in [-0.3, -0.25) is 0 Å². The number of nitrogens with zero attached hydrogens (tertiary/aromatic N) is 3. The first kappa shape index (κ1) is 15.3. The number of hydrogen-bond acceptors (Lipinski definition) is 3. The summed E-state index contributed by atoms with van der Waals surface area (Å²) in [7, 11) is 0. The Morgan fingerprint density at radius 3 is 2.71 bits per heavy atom. The predicted octanol–water partition coefficient (Wildman–Crippen LogP) is 2.19. The summed E-state index contributed by atoms with van der Waals surface area (Å²) in [6.07, 6.45) is 2.21. The van der Waals surface area contributed by atoms with Crippen molar-refractivity contribution in [3.63, 3.8) is 0 Å². The molecule has 0 spiro atoms. The van der Waals surface area contributed by atoms with Crippen LogP contribution in [-0.2, 0) is 19.4 Å². The van der Waals surface area contributed by atoms with Crippen LogP contribution in [0.25, 0.3) is 0 Å². The summed E-state index contributed by atoms with van der Waals surface area (Å²) < 4.78 is 1.96. The number of benzene rings is 1. The molecule has 0 amide bonds. The highest BCUT2D eigenvalue weighted by Gasteiger charge is 2.09. The van der Waals surface area contributed by atoms with Gasteiger partial charge in [0.1, 0.15) is 5.82 Å². The van der Waals surface area contributed by atoms with E-state index in [1.165, 1.54) is 0 Å². The number of aliphatic hydroxyl groups excluding tert-OH is 1. The number of aromatic nitrogens is 3. The molecule has 0 atom stereocenters. The first-order chi connectivity index (χ1) is 10.3. The fourth-order valence-electron chi connectivity index (χ4n) is 2.12. The highest BCUT2D eigenvalue weighted by atomic mass is 16.2. The second-order valence-electron chi connectivity index (χ2n) is 4.74. The predicted molar refractivity (Wildman–Crippen MR) is 82.9 cm³/mol. The zero-order valence-electron chi connectivity index (χ0n) is 12.6. The van der Waals surface area contributed by atoms with Crippen molar-refractivity contribution < 1.29 is 5.11 Å². The molecule has 2 rings (SSSR count). The molecule has 0 radical (unpaired) electrons. The molecule has 2 aromatic rings. The van der Waals surface area contributed by atoms with Crippen LogP contribution in [-0.4, -0.2) is 26.5 Å². The fraction of sp³-hybridized carbons (Fsp3) is 0.412. The van der Waals surface area contributed by atoms with Crippen molar-refractivity contribution in [1.29, 1.82) is 0 Å². The van der Waals surface area contributed by atoms with Crippen LogP contribution in [0.5, 0.6) is 0 Å². The summed E-state index contributed by atoms with van der Waals surface area (Å²) in [5.74, 6) is 7.99. The number of rotatable bonds is 5. The molecular weight excluding hydrogens is 262 g/mol. The van der Waals surface area contributed by atoms with Gasteiger partial charge in [0.05, 0.1) is 13.2 Å². The van der Waals surface area contributed by atoms with Gasteiger partial charge in [-0.25, -0.2) is 9.67 Å². The molecule has 0 aliphatic rings. The summed E-state index contributed by atoms with van der Waals surface area (Å²) in [6.45, 7) is 4.93. The molecular formula is C17H21N3O. The van der Waals surface area contributed by atoms with Gasteiger partial charge >= 0.3 is 0 Å². The molecule has 21 heavy (non-hydrogen) atoms. The Labute approximate surface area is 125 Å². The largest absolute Gasteiger partial charge is 0.395 e. The van der Waals surface area contributed by atoms with Crippen molar-refractivity contribution in [1.82, 2.24) is 14.8 Å². The maximum Gasteiger partial charge on any atom is 0.150 e. The van der Waals surface area contributed by atoms with Crippen LogP contribution in [0, 0.1) is 11.8 Å². The third-order valence-corrected chi connectivity index (χ3v) is 3.22. The minimum atomic E-state index is 0.0953. The van der Waals surface area contributed by atoms with E-state index in [2.05, 4.69) is 41.8 Å². The van der Waals surface area contributed by atoms with Gasteiger partial charge in [0.25, 0.3) is 0 Å². The van der Waals surface area contributed by atoms with Gasteiger partial charge in [0, 0.05) is 24.8 Å². The average molecular weight is 283 g/mol. The van der Waals surface area contributed by atoms with Crippen molar-refractivity contribution in [2.24, 2.45) is 0 Å². The molecule has 4 heteroatoms. The van der Waals surface area contributed by atoms with Crippen LogP contribution in [0.15, 0.2) is 24.3 Å². The topological polar surface area (TPSA) is 50.9 Å². The molecule has 1 aromatic carbocycles. The number of aliphatic hydroxyl groups is 1. The lowest BCUT2D eigenvalue weighted by Gasteiger charge is -2.07. The Kier molecular flexibility index (Phi) is 5.53. The Hall–Kier alpha value is -2.12. The molecule has 0 fully saturated rings. The maximum absolute atomic E-state index is 8.82. The van der Waals surface area contributed by atoms with Crippen LogP contribution in [0.3, 0.4) is 0 Å². The van der Waals surface area contributed by atoms with Gasteiger partial charge in [-0.2, -0.15) is 5.10 Å². The van der Waals surface area contributed by atoms with Gasteiger partial charge < -0.3 is 5.11 Å². The summed E-state index contributed by atoms with van der Waals surface area (Å²) in [4.78, 5) is 4.53. The summed E-state index contributed by atoms with van der Waals surface area (Å²) in [5.41, 5.74) is 2.12. The molecule has 0 saturated carbocycles. The lowest BCUT2D eigenvalue weighted by Crippen LogP contribution is -2.07. The zero-order valence-corrected chi connectivity index (χ0v) is 12.6. The van der Waals surface area contributed by atoms with Crippen LogP contribution in [0.1, 0.15) is 43.0 Å². The van der Waals surface area contributed by atoms with Crippen LogP contribution < -0.4 is 0 Å². The first-order valence-electron chi connectivity index (χ1n) is 7.38. The van der Waals surface area contributed by atoms with E-state index in [0.717, 1.165) is 35.6 Å². The molecule has 1 heterocycles. The Morgan fingerprint density at radius 2 is 2.00 bits per heavy atom. The Bertz CT molecular complexity index is 650. The van der Waals surface area contributed by atoms with Crippen molar-refractivity contribution >= 4 is 0 Å². The van der Waals surface area contributed by atoms with E-state index >= 15 is 0 Å². The summed E-state index contributed by atoms with van der Waals surface area (Å²) >= 11 is 0. The molecule has 0 bridgehead atoms. The molecule has 0 aliphatic carbocycles. The smallest absolute Gasteiger partial charge is 0.150 e. The van der Waals surface area contributed by atoms with Crippen molar-refractivity contribution in [2.75, 3.05) is 6.61 Å². The van der Waals surface area contributed by atoms with Gasteiger partial charge in [-0.15, -0.1) is 0 Å². The lowest BCUT2D eigenvalue weighted by molar-refractivity contribution is 0.305. The van der Waals surface area contributed by atoms with E-state index in [1.54, 1.807) is 0 Å². The Morgan fingerprint density at radius 1 is 1.19 bits per heavy atom. The highest BCUT2D eigenvalue weighted by Crippen LogP contribution is 2.11. The molecule has 0 unspecified atom stereocenters. The minimum Gasteiger partial charge on any atom is -0.395 e. The molecule has 0 aliphatic heterocycles. The fourth-order valence-corrected chi connectivity index (χ4v) is 2.12. The molecule has 1 N–H and O–H groups in total. The molecule has 110 valence electrons.